The molecule has 0 spiro atoms. The number of hydrogen-bond acceptors (Lipinski definition) is 1. The van der Waals surface area contributed by atoms with E-state index < -0.39 is 5.82 Å². The maximum absolute atomic E-state index is 13.2. The van der Waals surface area contributed by atoms with Crippen molar-refractivity contribution >= 4 is 21.8 Å². The van der Waals surface area contributed by atoms with E-state index in [-0.39, 0.29) is 17.4 Å². The Morgan fingerprint density at radius 3 is 2.69 bits per heavy atom. The van der Waals surface area contributed by atoms with Gasteiger partial charge in [-0.05, 0) is 46.0 Å². The molecule has 2 nitrogen and oxygen atoms in total. The lowest BCUT2D eigenvalue weighted by atomic mass is 10.1. The lowest BCUT2D eigenvalue weighted by molar-refractivity contribution is 0.0946. The molecular formula is C12H13BrFNO. The first-order valence-corrected chi connectivity index (χ1v) is 5.95. The van der Waals surface area contributed by atoms with Crippen LogP contribution in [0.4, 0.5) is 4.39 Å². The summed E-state index contributed by atoms with van der Waals surface area (Å²) in [5.41, 5.74) is 0.548. The molecular weight excluding hydrogens is 273 g/mol. The summed E-state index contributed by atoms with van der Waals surface area (Å²) < 4.78 is 13.6. The SMILES string of the molecule is CC1(C)CC1NC(=O)c1ccc(Br)c(F)c1. The third kappa shape index (κ3) is 2.26. The maximum Gasteiger partial charge on any atom is 0.251 e. The van der Waals surface area contributed by atoms with Gasteiger partial charge in [0.1, 0.15) is 5.82 Å². The minimum Gasteiger partial charge on any atom is -0.349 e. The van der Waals surface area contributed by atoms with E-state index in [1.165, 1.54) is 6.07 Å². The van der Waals surface area contributed by atoms with E-state index in [0.717, 1.165) is 6.42 Å². The van der Waals surface area contributed by atoms with Crippen LogP contribution in [-0.2, 0) is 0 Å². The smallest absolute Gasteiger partial charge is 0.251 e. The summed E-state index contributed by atoms with van der Waals surface area (Å²) in [6.45, 7) is 4.19. The van der Waals surface area contributed by atoms with Crippen molar-refractivity contribution in [2.24, 2.45) is 5.41 Å². The molecule has 4 heteroatoms. The molecule has 2 rings (SSSR count). The number of benzene rings is 1. The third-order valence-corrected chi connectivity index (χ3v) is 3.64. The van der Waals surface area contributed by atoms with Crippen molar-refractivity contribution < 1.29 is 9.18 Å². The lowest BCUT2D eigenvalue weighted by Gasteiger charge is -2.07. The Kier molecular flexibility index (Phi) is 2.78. The fraction of sp³-hybridized carbons (Fsp3) is 0.417. The summed E-state index contributed by atoms with van der Waals surface area (Å²) in [5.74, 6) is -0.621. The minimum atomic E-state index is -0.414. The highest BCUT2D eigenvalue weighted by Gasteiger charge is 2.46. The van der Waals surface area contributed by atoms with Gasteiger partial charge >= 0.3 is 0 Å². The van der Waals surface area contributed by atoms with Gasteiger partial charge in [-0.1, -0.05) is 13.8 Å². The normalized spacial score (nSPS) is 21.6. The zero-order valence-electron chi connectivity index (χ0n) is 9.18. The Labute approximate surface area is 102 Å². The molecule has 0 aliphatic heterocycles. The molecule has 1 aliphatic rings. The zero-order valence-corrected chi connectivity index (χ0v) is 10.8. The molecule has 0 radical (unpaired) electrons. The highest BCUT2D eigenvalue weighted by Crippen LogP contribution is 2.44. The molecule has 1 aromatic carbocycles. The summed E-state index contributed by atoms with van der Waals surface area (Å²) in [7, 11) is 0. The van der Waals surface area contributed by atoms with Gasteiger partial charge in [-0.15, -0.1) is 0 Å². The molecule has 1 fully saturated rings. The molecule has 86 valence electrons. The topological polar surface area (TPSA) is 29.1 Å². The first-order valence-electron chi connectivity index (χ1n) is 5.16. The number of amides is 1. The number of halogens is 2. The van der Waals surface area contributed by atoms with E-state index in [2.05, 4.69) is 35.1 Å². The molecule has 0 aromatic heterocycles. The highest BCUT2D eigenvalue weighted by molar-refractivity contribution is 9.10. The minimum absolute atomic E-state index is 0.184. The predicted octanol–water partition coefficient (Wildman–Crippen LogP) is 3.12. The fourth-order valence-electron chi connectivity index (χ4n) is 1.59. The zero-order chi connectivity index (χ0) is 11.9. The van der Waals surface area contributed by atoms with Crippen LogP contribution in [-0.4, -0.2) is 11.9 Å². The van der Waals surface area contributed by atoms with Crippen molar-refractivity contribution in [2.75, 3.05) is 0 Å². The molecule has 1 amide bonds. The molecule has 1 aromatic rings. The lowest BCUT2D eigenvalue weighted by Crippen LogP contribution is -2.28. The molecule has 0 bridgehead atoms. The summed E-state index contributed by atoms with van der Waals surface area (Å²) >= 11 is 3.05. The van der Waals surface area contributed by atoms with E-state index in [9.17, 15) is 9.18 Å². The summed E-state index contributed by atoms with van der Waals surface area (Å²) in [6, 6.07) is 4.61. The Bertz CT molecular complexity index is 445. The van der Waals surface area contributed by atoms with Crippen LogP contribution in [0.2, 0.25) is 0 Å². The number of hydrogen-bond donors (Lipinski definition) is 1. The van der Waals surface area contributed by atoms with Crippen molar-refractivity contribution in [3.05, 3.63) is 34.1 Å². The van der Waals surface area contributed by atoms with Crippen LogP contribution < -0.4 is 5.32 Å². The van der Waals surface area contributed by atoms with Gasteiger partial charge < -0.3 is 5.32 Å². The van der Waals surface area contributed by atoms with Crippen molar-refractivity contribution in [2.45, 2.75) is 26.3 Å². The van der Waals surface area contributed by atoms with Gasteiger partial charge in [0.25, 0.3) is 5.91 Å². The van der Waals surface area contributed by atoms with Crippen LogP contribution >= 0.6 is 15.9 Å². The van der Waals surface area contributed by atoms with Crippen LogP contribution in [0.15, 0.2) is 22.7 Å². The number of carbonyl (C=O) groups is 1. The Balaban J connectivity index is 2.07. The summed E-state index contributed by atoms with van der Waals surface area (Å²) in [5, 5.41) is 2.89. The van der Waals surface area contributed by atoms with Gasteiger partial charge in [-0.3, -0.25) is 4.79 Å². The standard InChI is InChI=1S/C12H13BrFNO/c1-12(2)6-10(12)15-11(16)7-3-4-8(13)9(14)5-7/h3-5,10H,6H2,1-2H3,(H,15,16). The predicted molar refractivity (Wildman–Crippen MR) is 63.8 cm³/mol. The number of carbonyl (C=O) groups excluding carboxylic acids is 1. The van der Waals surface area contributed by atoms with Crippen molar-refractivity contribution in [3.63, 3.8) is 0 Å². The van der Waals surface area contributed by atoms with Gasteiger partial charge in [-0.2, -0.15) is 0 Å². The molecule has 0 heterocycles. The van der Waals surface area contributed by atoms with Gasteiger partial charge in [0, 0.05) is 11.6 Å². The maximum atomic E-state index is 13.2. The van der Waals surface area contributed by atoms with E-state index in [1.54, 1.807) is 12.1 Å². The Morgan fingerprint density at radius 2 is 2.19 bits per heavy atom. The van der Waals surface area contributed by atoms with Crippen molar-refractivity contribution in [1.29, 1.82) is 0 Å². The van der Waals surface area contributed by atoms with Crippen LogP contribution in [0.1, 0.15) is 30.6 Å². The summed E-state index contributed by atoms with van der Waals surface area (Å²) in [6.07, 6.45) is 0.984. The second kappa shape index (κ2) is 3.84. The molecule has 1 N–H and O–H groups in total. The quantitative estimate of drug-likeness (QED) is 0.889. The van der Waals surface area contributed by atoms with E-state index in [0.29, 0.717) is 10.0 Å². The largest absolute Gasteiger partial charge is 0.349 e. The molecule has 0 saturated heterocycles. The molecule has 1 atom stereocenters. The van der Waals surface area contributed by atoms with E-state index >= 15 is 0 Å². The van der Waals surface area contributed by atoms with Crippen LogP contribution in [0.5, 0.6) is 0 Å². The van der Waals surface area contributed by atoms with Gasteiger partial charge in [0.2, 0.25) is 0 Å². The molecule has 1 saturated carbocycles. The second-order valence-electron chi connectivity index (χ2n) is 4.85. The first kappa shape index (κ1) is 11.6. The first-order chi connectivity index (χ1) is 7.40. The Hall–Kier alpha value is -0.900. The van der Waals surface area contributed by atoms with Gasteiger partial charge in [-0.25, -0.2) is 4.39 Å². The number of rotatable bonds is 2. The molecule has 1 aliphatic carbocycles. The average Bonchev–Trinajstić information content (AvgIpc) is 2.78. The van der Waals surface area contributed by atoms with E-state index in [1.807, 2.05) is 0 Å². The van der Waals surface area contributed by atoms with Crippen LogP contribution in [0.3, 0.4) is 0 Å². The highest BCUT2D eigenvalue weighted by atomic mass is 79.9. The molecule has 1 unspecified atom stereocenters. The van der Waals surface area contributed by atoms with Crippen molar-refractivity contribution in [1.82, 2.24) is 5.32 Å². The van der Waals surface area contributed by atoms with Crippen LogP contribution in [0, 0.1) is 11.2 Å². The second-order valence-corrected chi connectivity index (χ2v) is 5.70. The summed E-state index contributed by atoms with van der Waals surface area (Å²) in [4.78, 5) is 11.8. The van der Waals surface area contributed by atoms with E-state index in [4.69, 9.17) is 0 Å². The Morgan fingerprint density at radius 1 is 1.56 bits per heavy atom. The fourth-order valence-corrected chi connectivity index (χ4v) is 1.84. The monoisotopic (exact) mass is 285 g/mol. The van der Waals surface area contributed by atoms with Crippen LogP contribution in [0.25, 0.3) is 0 Å². The third-order valence-electron chi connectivity index (χ3n) is 3.00. The molecule has 16 heavy (non-hydrogen) atoms. The van der Waals surface area contributed by atoms with Gasteiger partial charge in [0.05, 0.1) is 4.47 Å². The average molecular weight is 286 g/mol. The van der Waals surface area contributed by atoms with Gasteiger partial charge in [0.15, 0.2) is 0 Å². The number of nitrogens with one attached hydrogen (secondary N) is 1. The van der Waals surface area contributed by atoms with Crippen molar-refractivity contribution in [3.8, 4) is 0 Å².